The Morgan fingerprint density at radius 2 is 1.81 bits per heavy atom. The number of benzene rings is 1. The van der Waals surface area contributed by atoms with Crippen LogP contribution in [-0.2, 0) is 6.42 Å². The lowest BCUT2D eigenvalue weighted by molar-refractivity contribution is 0.537. The molecule has 1 aromatic carbocycles. The number of rotatable bonds is 5. The molecule has 6 heteroatoms. The van der Waals surface area contributed by atoms with Crippen molar-refractivity contribution in [1.82, 2.24) is 10.3 Å². The summed E-state index contributed by atoms with van der Waals surface area (Å²) in [6.45, 7) is 2.83. The first-order valence-electron chi connectivity index (χ1n) is 6.49. The summed E-state index contributed by atoms with van der Waals surface area (Å²) >= 11 is 24.1. The van der Waals surface area contributed by atoms with E-state index in [0.29, 0.717) is 26.5 Å². The van der Waals surface area contributed by atoms with Gasteiger partial charge in [0.05, 0.1) is 31.8 Å². The first-order chi connectivity index (χ1) is 10.0. The average molecular weight is 364 g/mol. The van der Waals surface area contributed by atoms with E-state index < -0.39 is 0 Å². The van der Waals surface area contributed by atoms with Crippen LogP contribution in [0.1, 0.15) is 24.2 Å². The van der Waals surface area contributed by atoms with Crippen LogP contribution in [-0.4, -0.2) is 11.5 Å². The molecule has 0 aliphatic carbocycles. The van der Waals surface area contributed by atoms with Crippen LogP contribution in [0.25, 0.3) is 0 Å². The monoisotopic (exact) mass is 362 g/mol. The number of likely N-dealkylation sites (N-methyl/N-ethyl adjacent to an activating group) is 1. The molecule has 1 N–H and O–H groups in total. The molecular formula is C15H14Cl4N2. The van der Waals surface area contributed by atoms with Crippen molar-refractivity contribution in [3.63, 3.8) is 0 Å². The second-order valence-electron chi connectivity index (χ2n) is 4.58. The average Bonchev–Trinajstić information content (AvgIpc) is 2.42. The van der Waals surface area contributed by atoms with Crippen LogP contribution in [0.5, 0.6) is 0 Å². The maximum Gasteiger partial charge on any atom is 0.0763 e. The summed E-state index contributed by atoms with van der Waals surface area (Å²) in [5.41, 5.74) is 1.83. The topological polar surface area (TPSA) is 24.9 Å². The maximum absolute atomic E-state index is 6.25. The van der Waals surface area contributed by atoms with Crippen molar-refractivity contribution in [1.29, 1.82) is 0 Å². The summed E-state index contributed by atoms with van der Waals surface area (Å²) in [5.74, 6) is 0. The predicted octanol–water partition coefficient (Wildman–Crippen LogP) is 5.59. The first-order valence-corrected chi connectivity index (χ1v) is 8.00. The van der Waals surface area contributed by atoms with Crippen LogP contribution in [0.3, 0.4) is 0 Å². The Labute approximate surface area is 144 Å². The van der Waals surface area contributed by atoms with Crippen molar-refractivity contribution in [2.24, 2.45) is 0 Å². The third-order valence-electron chi connectivity index (χ3n) is 3.04. The zero-order chi connectivity index (χ0) is 15.4. The van der Waals surface area contributed by atoms with Gasteiger partial charge in [-0.15, -0.1) is 0 Å². The normalized spacial score (nSPS) is 12.4. The lowest BCUT2D eigenvalue weighted by Crippen LogP contribution is -2.24. The molecule has 1 unspecified atom stereocenters. The van der Waals surface area contributed by atoms with Gasteiger partial charge in [0.15, 0.2) is 0 Å². The van der Waals surface area contributed by atoms with E-state index in [2.05, 4.69) is 10.3 Å². The summed E-state index contributed by atoms with van der Waals surface area (Å²) in [7, 11) is 0. The molecule has 0 fully saturated rings. The highest BCUT2D eigenvalue weighted by atomic mass is 35.5. The van der Waals surface area contributed by atoms with Gasteiger partial charge in [-0.2, -0.15) is 0 Å². The molecule has 112 valence electrons. The second kappa shape index (κ2) is 7.66. The molecule has 0 amide bonds. The van der Waals surface area contributed by atoms with Crippen molar-refractivity contribution >= 4 is 46.4 Å². The highest BCUT2D eigenvalue weighted by Gasteiger charge is 2.17. The minimum absolute atomic E-state index is 0.0167. The summed E-state index contributed by atoms with van der Waals surface area (Å²) in [5, 5.41) is 5.53. The second-order valence-corrected chi connectivity index (χ2v) is 6.24. The zero-order valence-corrected chi connectivity index (χ0v) is 14.4. The molecule has 1 heterocycles. The molecule has 0 saturated carbocycles. The number of aromatic nitrogens is 1. The predicted molar refractivity (Wildman–Crippen MR) is 90.8 cm³/mol. The van der Waals surface area contributed by atoms with E-state index in [1.54, 1.807) is 18.3 Å². The molecule has 0 aliphatic heterocycles. The minimum atomic E-state index is -0.0167. The molecule has 2 nitrogen and oxygen atoms in total. The molecule has 0 bridgehead atoms. The Hall–Kier alpha value is -0.510. The van der Waals surface area contributed by atoms with Gasteiger partial charge in [0, 0.05) is 6.20 Å². The van der Waals surface area contributed by atoms with Crippen LogP contribution >= 0.6 is 46.4 Å². The molecule has 1 aromatic heterocycles. The van der Waals surface area contributed by atoms with Gasteiger partial charge in [-0.25, -0.2) is 0 Å². The van der Waals surface area contributed by atoms with Crippen LogP contribution in [0.15, 0.2) is 30.5 Å². The van der Waals surface area contributed by atoms with Crippen molar-refractivity contribution in [2.75, 3.05) is 6.54 Å². The lowest BCUT2D eigenvalue weighted by Gasteiger charge is -2.19. The molecule has 21 heavy (non-hydrogen) atoms. The van der Waals surface area contributed by atoms with E-state index in [0.717, 1.165) is 17.8 Å². The first kappa shape index (κ1) is 16.9. The number of hydrogen-bond donors (Lipinski definition) is 1. The summed E-state index contributed by atoms with van der Waals surface area (Å²) in [6, 6.07) is 7.28. The van der Waals surface area contributed by atoms with Gasteiger partial charge in [-0.3, -0.25) is 4.98 Å². The number of halogens is 4. The zero-order valence-electron chi connectivity index (χ0n) is 11.3. The minimum Gasteiger partial charge on any atom is -0.309 e. The molecule has 2 rings (SSSR count). The molecule has 1 atom stereocenters. The van der Waals surface area contributed by atoms with Crippen molar-refractivity contribution in [3.05, 3.63) is 61.8 Å². The van der Waals surface area contributed by atoms with Gasteiger partial charge >= 0.3 is 0 Å². The van der Waals surface area contributed by atoms with E-state index in [1.165, 1.54) is 0 Å². The molecular weight excluding hydrogens is 350 g/mol. The fraction of sp³-hybridized carbons (Fsp3) is 0.267. The van der Waals surface area contributed by atoms with Crippen LogP contribution in [0.2, 0.25) is 20.1 Å². The number of pyridine rings is 1. The van der Waals surface area contributed by atoms with E-state index in [4.69, 9.17) is 46.4 Å². The summed E-state index contributed by atoms with van der Waals surface area (Å²) < 4.78 is 0. The fourth-order valence-electron chi connectivity index (χ4n) is 2.10. The van der Waals surface area contributed by atoms with Gasteiger partial charge in [0.25, 0.3) is 0 Å². The third kappa shape index (κ3) is 4.48. The van der Waals surface area contributed by atoms with Gasteiger partial charge in [0.1, 0.15) is 0 Å². The van der Waals surface area contributed by atoms with Gasteiger partial charge in [-0.1, -0.05) is 59.4 Å². The highest BCUT2D eigenvalue weighted by Crippen LogP contribution is 2.28. The number of hydrogen-bond acceptors (Lipinski definition) is 2. The lowest BCUT2D eigenvalue weighted by atomic mass is 10.0. The van der Waals surface area contributed by atoms with Gasteiger partial charge < -0.3 is 5.32 Å². The summed E-state index contributed by atoms with van der Waals surface area (Å²) in [4.78, 5) is 4.35. The quantitative estimate of drug-likeness (QED) is 0.748. The molecule has 0 saturated heterocycles. The smallest absolute Gasteiger partial charge is 0.0763 e. The van der Waals surface area contributed by atoms with E-state index in [9.17, 15) is 0 Å². The Morgan fingerprint density at radius 1 is 1.05 bits per heavy atom. The van der Waals surface area contributed by atoms with E-state index >= 15 is 0 Å². The summed E-state index contributed by atoms with van der Waals surface area (Å²) in [6.07, 6.45) is 2.31. The van der Waals surface area contributed by atoms with E-state index in [-0.39, 0.29) is 6.04 Å². The Bertz CT molecular complexity index is 631. The molecule has 2 aromatic rings. The molecule has 0 spiro atoms. The van der Waals surface area contributed by atoms with Crippen molar-refractivity contribution in [3.8, 4) is 0 Å². The largest absolute Gasteiger partial charge is 0.309 e. The number of nitrogens with one attached hydrogen (secondary N) is 1. The van der Waals surface area contributed by atoms with Crippen molar-refractivity contribution < 1.29 is 0 Å². The number of nitrogens with zero attached hydrogens (tertiary/aromatic N) is 1. The van der Waals surface area contributed by atoms with Gasteiger partial charge in [0.2, 0.25) is 0 Å². The van der Waals surface area contributed by atoms with E-state index in [1.807, 2.05) is 19.1 Å². The van der Waals surface area contributed by atoms with Crippen LogP contribution < -0.4 is 5.32 Å². The Kier molecular flexibility index (Phi) is 6.15. The van der Waals surface area contributed by atoms with Crippen molar-refractivity contribution in [2.45, 2.75) is 19.4 Å². The SMILES string of the molecule is CCNC(Cc1ccc(Cl)c(Cl)c1)c1ncc(Cl)cc1Cl. The van der Waals surface area contributed by atoms with Gasteiger partial charge in [-0.05, 0) is 36.7 Å². The standard InChI is InChI=1S/C15H14Cl4N2/c1-2-20-14(15-13(19)7-10(16)8-21-15)6-9-3-4-11(17)12(18)5-9/h3-5,7-8,14,20H,2,6H2,1H3. The maximum atomic E-state index is 6.25. The van der Waals surface area contributed by atoms with Crippen LogP contribution in [0, 0.1) is 0 Å². The molecule has 0 aliphatic rings. The molecule has 0 radical (unpaired) electrons. The van der Waals surface area contributed by atoms with Crippen LogP contribution in [0.4, 0.5) is 0 Å². The fourth-order valence-corrected chi connectivity index (χ4v) is 2.93. The Morgan fingerprint density at radius 3 is 2.43 bits per heavy atom. The Balaban J connectivity index is 2.28. The third-order valence-corrected chi connectivity index (χ3v) is 4.29. The highest BCUT2D eigenvalue weighted by molar-refractivity contribution is 6.42.